The summed E-state index contributed by atoms with van der Waals surface area (Å²) in [5.74, 6) is -0.111. The number of amides is 1. The average molecular weight is 223 g/mol. The first-order valence-electron chi connectivity index (χ1n) is 5.08. The lowest BCUT2D eigenvalue weighted by Gasteiger charge is -2.15. The fourth-order valence-electron chi connectivity index (χ4n) is 1.20. The molecule has 2 N–H and O–H groups in total. The molecule has 0 saturated heterocycles. The van der Waals surface area contributed by atoms with Crippen molar-refractivity contribution < 1.29 is 9.53 Å². The van der Waals surface area contributed by atoms with Gasteiger partial charge in [-0.05, 0) is 11.6 Å². The van der Waals surface area contributed by atoms with Gasteiger partial charge in [0.2, 0.25) is 0 Å². The largest absolute Gasteiger partial charge is 0.383 e. The van der Waals surface area contributed by atoms with Crippen molar-refractivity contribution in [1.29, 1.82) is 0 Å². The molecular formula is C11H17N3O2. The van der Waals surface area contributed by atoms with Gasteiger partial charge < -0.3 is 15.4 Å². The molecule has 0 bridgehead atoms. The third-order valence-electron chi connectivity index (χ3n) is 2.26. The van der Waals surface area contributed by atoms with Crippen molar-refractivity contribution in [3.05, 3.63) is 29.6 Å². The predicted octanol–water partition coefficient (Wildman–Crippen LogP) is 0.259. The minimum atomic E-state index is -0.111. The van der Waals surface area contributed by atoms with Gasteiger partial charge in [0, 0.05) is 33.4 Å². The molecule has 0 saturated carbocycles. The Bertz CT molecular complexity index is 338. The van der Waals surface area contributed by atoms with Crippen molar-refractivity contribution in [2.75, 3.05) is 27.3 Å². The van der Waals surface area contributed by atoms with Crippen LogP contribution in [-0.2, 0) is 11.3 Å². The lowest BCUT2D eigenvalue weighted by atomic mass is 10.2. The molecule has 0 radical (unpaired) electrons. The smallest absolute Gasteiger partial charge is 0.272 e. The van der Waals surface area contributed by atoms with Crippen LogP contribution in [0.3, 0.4) is 0 Å². The third-order valence-corrected chi connectivity index (χ3v) is 2.26. The Labute approximate surface area is 95.2 Å². The zero-order valence-electron chi connectivity index (χ0n) is 9.64. The summed E-state index contributed by atoms with van der Waals surface area (Å²) >= 11 is 0. The molecular weight excluding hydrogens is 206 g/mol. The molecule has 5 nitrogen and oxygen atoms in total. The van der Waals surface area contributed by atoms with E-state index < -0.39 is 0 Å². The highest BCUT2D eigenvalue weighted by Crippen LogP contribution is 2.02. The second-order valence-corrected chi connectivity index (χ2v) is 3.48. The normalized spacial score (nSPS) is 10.2. The van der Waals surface area contributed by atoms with Gasteiger partial charge in [-0.25, -0.2) is 0 Å². The summed E-state index contributed by atoms with van der Waals surface area (Å²) in [4.78, 5) is 17.5. The fourth-order valence-corrected chi connectivity index (χ4v) is 1.20. The van der Waals surface area contributed by atoms with Gasteiger partial charge in [0.05, 0.1) is 6.61 Å². The molecule has 88 valence electrons. The minimum absolute atomic E-state index is 0.111. The van der Waals surface area contributed by atoms with Gasteiger partial charge in [-0.15, -0.1) is 0 Å². The van der Waals surface area contributed by atoms with Crippen LogP contribution in [0.5, 0.6) is 0 Å². The van der Waals surface area contributed by atoms with Crippen LogP contribution in [0.4, 0.5) is 0 Å². The molecule has 0 fully saturated rings. The molecule has 0 aromatic carbocycles. The first-order valence-corrected chi connectivity index (χ1v) is 5.08. The van der Waals surface area contributed by atoms with Gasteiger partial charge in [0.15, 0.2) is 0 Å². The summed E-state index contributed by atoms with van der Waals surface area (Å²) in [5, 5.41) is 0. The Hall–Kier alpha value is -1.46. The number of nitrogens with zero attached hydrogens (tertiary/aromatic N) is 2. The van der Waals surface area contributed by atoms with E-state index in [2.05, 4.69) is 4.98 Å². The van der Waals surface area contributed by atoms with E-state index in [0.29, 0.717) is 25.4 Å². The molecule has 1 rings (SSSR count). The molecule has 5 heteroatoms. The van der Waals surface area contributed by atoms with Crippen LogP contribution in [0.2, 0.25) is 0 Å². The Kier molecular flexibility index (Phi) is 4.88. The van der Waals surface area contributed by atoms with Crippen molar-refractivity contribution >= 4 is 5.91 Å². The van der Waals surface area contributed by atoms with Crippen molar-refractivity contribution in [2.45, 2.75) is 6.54 Å². The number of hydrogen-bond donors (Lipinski definition) is 1. The average Bonchev–Trinajstić information content (AvgIpc) is 2.35. The van der Waals surface area contributed by atoms with Gasteiger partial charge in [-0.2, -0.15) is 0 Å². The quantitative estimate of drug-likeness (QED) is 0.777. The summed E-state index contributed by atoms with van der Waals surface area (Å²) < 4.78 is 4.90. The van der Waals surface area contributed by atoms with Crippen LogP contribution < -0.4 is 5.73 Å². The molecule has 1 aromatic heterocycles. The standard InChI is InChI=1S/C11H17N3O2/c1-14(5-6-16-2)11(15)10-4-3-9(7-12)8-13-10/h3-4,8H,5-7,12H2,1-2H3. The summed E-state index contributed by atoms with van der Waals surface area (Å²) in [6.45, 7) is 1.50. The summed E-state index contributed by atoms with van der Waals surface area (Å²) in [6, 6.07) is 3.50. The van der Waals surface area contributed by atoms with Crippen LogP contribution in [0, 0.1) is 0 Å². The van der Waals surface area contributed by atoms with Crippen LogP contribution in [0.15, 0.2) is 18.3 Å². The maximum atomic E-state index is 11.8. The lowest BCUT2D eigenvalue weighted by Crippen LogP contribution is -2.30. The summed E-state index contributed by atoms with van der Waals surface area (Å²) in [7, 11) is 3.33. The molecule has 1 aromatic rings. The molecule has 0 unspecified atom stereocenters. The lowest BCUT2D eigenvalue weighted by molar-refractivity contribution is 0.0738. The molecule has 0 atom stereocenters. The summed E-state index contributed by atoms with van der Waals surface area (Å²) in [5.41, 5.74) is 6.79. The van der Waals surface area contributed by atoms with Crippen molar-refractivity contribution in [2.24, 2.45) is 5.73 Å². The Morgan fingerprint density at radius 3 is 2.81 bits per heavy atom. The molecule has 0 aliphatic heterocycles. The number of hydrogen-bond acceptors (Lipinski definition) is 4. The molecule has 1 heterocycles. The van der Waals surface area contributed by atoms with E-state index in [9.17, 15) is 4.79 Å². The highest BCUT2D eigenvalue weighted by molar-refractivity contribution is 5.92. The minimum Gasteiger partial charge on any atom is -0.383 e. The maximum Gasteiger partial charge on any atom is 0.272 e. The number of nitrogens with two attached hydrogens (primary N) is 1. The fraction of sp³-hybridized carbons (Fsp3) is 0.455. The molecule has 16 heavy (non-hydrogen) atoms. The Balaban J connectivity index is 2.64. The van der Waals surface area contributed by atoms with Gasteiger partial charge in [-0.1, -0.05) is 6.07 Å². The molecule has 0 aliphatic carbocycles. The molecule has 1 amide bonds. The molecule has 0 spiro atoms. The zero-order valence-corrected chi connectivity index (χ0v) is 9.64. The van der Waals surface area contributed by atoms with Crippen molar-refractivity contribution in [1.82, 2.24) is 9.88 Å². The third kappa shape index (κ3) is 3.29. The number of likely N-dealkylation sites (N-methyl/N-ethyl adjacent to an activating group) is 1. The van der Waals surface area contributed by atoms with E-state index in [1.54, 1.807) is 31.3 Å². The second-order valence-electron chi connectivity index (χ2n) is 3.48. The number of aromatic nitrogens is 1. The van der Waals surface area contributed by atoms with Gasteiger partial charge >= 0.3 is 0 Å². The van der Waals surface area contributed by atoms with E-state index in [0.717, 1.165) is 5.56 Å². The number of carbonyl (C=O) groups excluding carboxylic acids is 1. The second kappa shape index (κ2) is 6.19. The van der Waals surface area contributed by atoms with E-state index in [1.807, 2.05) is 6.07 Å². The van der Waals surface area contributed by atoms with Crippen LogP contribution in [0.25, 0.3) is 0 Å². The first kappa shape index (κ1) is 12.6. The van der Waals surface area contributed by atoms with E-state index in [-0.39, 0.29) is 5.91 Å². The first-order chi connectivity index (χ1) is 7.69. The van der Waals surface area contributed by atoms with E-state index >= 15 is 0 Å². The number of carbonyl (C=O) groups is 1. The van der Waals surface area contributed by atoms with Gasteiger partial charge in [0.1, 0.15) is 5.69 Å². The predicted molar refractivity (Wildman–Crippen MR) is 61.0 cm³/mol. The van der Waals surface area contributed by atoms with E-state index in [1.165, 1.54) is 0 Å². The highest BCUT2D eigenvalue weighted by Gasteiger charge is 2.12. The number of pyridine rings is 1. The van der Waals surface area contributed by atoms with Crippen molar-refractivity contribution in [3.63, 3.8) is 0 Å². The Morgan fingerprint density at radius 1 is 1.56 bits per heavy atom. The number of rotatable bonds is 5. The SMILES string of the molecule is COCCN(C)C(=O)c1ccc(CN)cn1. The number of methoxy groups -OCH3 is 1. The van der Waals surface area contributed by atoms with Crippen LogP contribution in [0.1, 0.15) is 16.1 Å². The summed E-state index contributed by atoms with van der Waals surface area (Å²) in [6.07, 6.45) is 1.62. The maximum absolute atomic E-state index is 11.8. The monoisotopic (exact) mass is 223 g/mol. The molecule has 0 aliphatic rings. The van der Waals surface area contributed by atoms with Crippen molar-refractivity contribution in [3.8, 4) is 0 Å². The van der Waals surface area contributed by atoms with E-state index in [4.69, 9.17) is 10.5 Å². The topological polar surface area (TPSA) is 68.5 Å². The van der Waals surface area contributed by atoms with Crippen LogP contribution in [-0.4, -0.2) is 43.1 Å². The highest BCUT2D eigenvalue weighted by atomic mass is 16.5. The van der Waals surface area contributed by atoms with Crippen LogP contribution >= 0.6 is 0 Å². The van der Waals surface area contributed by atoms with Gasteiger partial charge in [0.25, 0.3) is 5.91 Å². The van der Waals surface area contributed by atoms with Gasteiger partial charge in [-0.3, -0.25) is 9.78 Å². The zero-order chi connectivity index (χ0) is 12.0. The number of ether oxygens (including phenoxy) is 1. The Morgan fingerprint density at radius 2 is 2.31 bits per heavy atom.